The van der Waals surface area contributed by atoms with Gasteiger partial charge in [0.1, 0.15) is 12.4 Å². The van der Waals surface area contributed by atoms with Gasteiger partial charge in [0.15, 0.2) is 5.78 Å². The van der Waals surface area contributed by atoms with E-state index in [1.165, 1.54) is 0 Å². The summed E-state index contributed by atoms with van der Waals surface area (Å²) in [7, 11) is 1.59. The molecule has 0 aliphatic carbocycles. The number of hydrogen-bond acceptors (Lipinski definition) is 4. The van der Waals surface area contributed by atoms with Crippen LogP contribution in [-0.4, -0.2) is 25.5 Å². The molecule has 0 heterocycles. The Morgan fingerprint density at radius 3 is 2.13 bits per heavy atom. The van der Waals surface area contributed by atoms with E-state index in [0.717, 1.165) is 11.1 Å². The fraction of sp³-hybridized carbons (Fsp3) is 0.185. The number of carbonyl (C=O) groups is 2. The normalized spacial score (nSPS) is 11.8. The van der Waals surface area contributed by atoms with Crippen molar-refractivity contribution in [3.8, 4) is 5.75 Å². The molecule has 0 saturated carbocycles. The number of esters is 1. The van der Waals surface area contributed by atoms with Gasteiger partial charge in [0, 0.05) is 17.9 Å². The van der Waals surface area contributed by atoms with Crippen molar-refractivity contribution >= 4 is 17.8 Å². The van der Waals surface area contributed by atoms with Crippen LogP contribution in [0.25, 0.3) is 6.08 Å². The first-order chi connectivity index (χ1) is 15.2. The molecule has 0 amide bonds. The van der Waals surface area contributed by atoms with Crippen LogP contribution in [0.1, 0.15) is 40.2 Å². The van der Waals surface area contributed by atoms with Gasteiger partial charge in [0.05, 0.1) is 13.5 Å². The molecule has 4 heteroatoms. The molecule has 0 spiro atoms. The number of methoxy groups -OCH3 is 1. The molecule has 1 unspecified atom stereocenters. The molecular weight excluding hydrogens is 388 g/mol. The summed E-state index contributed by atoms with van der Waals surface area (Å²) in [5.74, 6) is 0.104. The summed E-state index contributed by atoms with van der Waals surface area (Å²) < 4.78 is 10.5. The maximum absolute atomic E-state index is 12.8. The van der Waals surface area contributed by atoms with Crippen molar-refractivity contribution in [1.82, 2.24) is 0 Å². The Kier molecular flexibility index (Phi) is 8.18. The summed E-state index contributed by atoms with van der Waals surface area (Å²) in [4.78, 5) is 25.3. The van der Waals surface area contributed by atoms with Gasteiger partial charge in [-0.15, -0.1) is 0 Å². The topological polar surface area (TPSA) is 52.6 Å². The molecule has 4 nitrogen and oxygen atoms in total. The molecule has 0 aliphatic heterocycles. The van der Waals surface area contributed by atoms with Crippen molar-refractivity contribution in [1.29, 1.82) is 0 Å². The Morgan fingerprint density at radius 1 is 0.839 bits per heavy atom. The number of Topliss-reactive ketones (excluding diaryl/α,β-unsaturated/α-hetero) is 1. The van der Waals surface area contributed by atoms with E-state index in [4.69, 9.17) is 9.47 Å². The third-order valence-electron chi connectivity index (χ3n) is 4.98. The Labute approximate surface area is 183 Å². The van der Waals surface area contributed by atoms with E-state index in [-0.39, 0.29) is 37.1 Å². The van der Waals surface area contributed by atoms with Crippen molar-refractivity contribution in [2.75, 3.05) is 13.7 Å². The largest absolute Gasteiger partial charge is 0.497 e. The zero-order valence-electron chi connectivity index (χ0n) is 17.6. The summed E-state index contributed by atoms with van der Waals surface area (Å²) >= 11 is 0. The van der Waals surface area contributed by atoms with Crippen molar-refractivity contribution in [2.45, 2.75) is 18.8 Å². The van der Waals surface area contributed by atoms with Crippen LogP contribution < -0.4 is 4.74 Å². The molecule has 31 heavy (non-hydrogen) atoms. The molecule has 0 N–H and O–H groups in total. The predicted molar refractivity (Wildman–Crippen MR) is 122 cm³/mol. The van der Waals surface area contributed by atoms with E-state index >= 15 is 0 Å². The summed E-state index contributed by atoms with van der Waals surface area (Å²) in [6, 6.07) is 26.5. The fourth-order valence-electron chi connectivity index (χ4n) is 3.30. The van der Waals surface area contributed by atoms with Gasteiger partial charge in [0.2, 0.25) is 0 Å². The van der Waals surface area contributed by atoms with Crippen LogP contribution in [0.3, 0.4) is 0 Å². The van der Waals surface area contributed by atoms with E-state index in [1.54, 1.807) is 31.4 Å². The second kappa shape index (κ2) is 11.5. The fourth-order valence-corrected chi connectivity index (χ4v) is 3.30. The SMILES string of the molecule is COc1ccc(C(=O)CC(CC(=O)OCC=Cc2ccccc2)c2ccccc2)cc1. The van der Waals surface area contributed by atoms with Crippen LogP contribution >= 0.6 is 0 Å². The molecule has 0 fully saturated rings. The van der Waals surface area contributed by atoms with Gasteiger partial charge in [-0.05, 0) is 41.5 Å². The monoisotopic (exact) mass is 414 g/mol. The summed E-state index contributed by atoms with van der Waals surface area (Å²) in [6.07, 6.45) is 4.10. The molecule has 0 aliphatic rings. The van der Waals surface area contributed by atoms with Crippen molar-refractivity contribution < 1.29 is 19.1 Å². The molecule has 3 aromatic rings. The van der Waals surface area contributed by atoms with E-state index < -0.39 is 0 Å². The Bertz CT molecular complexity index is 992. The lowest BCUT2D eigenvalue weighted by molar-refractivity contribution is -0.142. The van der Waals surface area contributed by atoms with E-state index in [0.29, 0.717) is 11.3 Å². The molecule has 3 aromatic carbocycles. The maximum atomic E-state index is 12.8. The quantitative estimate of drug-likeness (QED) is 0.315. The number of ketones is 1. The lowest BCUT2D eigenvalue weighted by atomic mass is 9.89. The molecule has 0 saturated heterocycles. The molecule has 0 aromatic heterocycles. The van der Waals surface area contributed by atoms with Gasteiger partial charge in [0.25, 0.3) is 0 Å². The van der Waals surface area contributed by atoms with Gasteiger partial charge in [-0.3, -0.25) is 9.59 Å². The molecule has 1 atom stereocenters. The third kappa shape index (κ3) is 6.96. The van der Waals surface area contributed by atoms with Gasteiger partial charge in [-0.2, -0.15) is 0 Å². The van der Waals surface area contributed by atoms with Crippen LogP contribution in [0.5, 0.6) is 5.75 Å². The second-order valence-corrected chi connectivity index (χ2v) is 7.16. The zero-order valence-corrected chi connectivity index (χ0v) is 17.6. The number of rotatable bonds is 10. The Hall–Kier alpha value is -3.66. The van der Waals surface area contributed by atoms with Gasteiger partial charge >= 0.3 is 5.97 Å². The second-order valence-electron chi connectivity index (χ2n) is 7.16. The van der Waals surface area contributed by atoms with Gasteiger partial charge in [-0.25, -0.2) is 0 Å². The first kappa shape index (κ1) is 22.0. The highest BCUT2D eigenvalue weighted by Crippen LogP contribution is 2.26. The van der Waals surface area contributed by atoms with Crippen LogP contribution in [0.15, 0.2) is 91.0 Å². The first-order valence-corrected chi connectivity index (χ1v) is 10.2. The zero-order chi connectivity index (χ0) is 21.9. The molecule has 3 rings (SSSR count). The minimum atomic E-state index is -0.325. The van der Waals surface area contributed by atoms with Crippen molar-refractivity contribution in [3.05, 3.63) is 108 Å². The number of ether oxygens (including phenoxy) is 2. The van der Waals surface area contributed by atoms with Crippen LogP contribution in [0.2, 0.25) is 0 Å². The highest BCUT2D eigenvalue weighted by Gasteiger charge is 2.21. The van der Waals surface area contributed by atoms with Crippen LogP contribution in [-0.2, 0) is 9.53 Å². The summed E-state index contributed by atoms with van der Waals surface area (Å²) in [6.45, 7) is 0.196. The molecule has 0 radical (unpaired) electrons. The third-order valence-corrected chi connectivity index (χ3v) is 4.98. The van der Waals surface area contributed by atoms with Crippen LogP contribution in [0.4, 0.5) is 0 Å². The summed E-state index contributed by atoms with van der Waals surface area (Å²) in [5.41, 5.74) is 2.59. The smallest absolute Gasteiger partial charge is 0.306 e. The average molecular weight is 415 g/mol. The summed E-state index contributed by atoms with van der Waals surface area (Å²) in [5, 5.41) is 0. The lowest BCUT2D eigenvalue weighted by Crippen LogP contribution is -2.14. The molecule has 0 bridgehead atoms. The highest BCUT2D eigenvalue weighted by atomic mass is 16.5. The maximum Gasteiger partial charge on any atom is 0.306 e. The lowest BCUT2D eigenvalue weighted by Gasteiger charge is -2.16. The van der Waals surface area contributed by atoms with Crippen molar-refractivity contribution in [2.24, 2.45) is 0 Å². The standard InChI is InChI=1S/C27H26O4/c1-30-25-16-14-23(15-17-25)26(28)19-24(22-12-6-3-7-13-22)20-27(29)31-18-8-11-21-9-4-2-5-10-21/h2-17,24H,18-20H2,1H3. The van der Waals surface area contributed by atoms with E-state index in [9.17, 15) is 9.59 Å². The first-order valence-electron chi connectivity index (χ1n) is 10.2. The van der Waals surface area contributed by atoms with Crippen LogP contribution in [0, 0.1) is 0 Å². The average Bonchev–Trinajstić information content (AvgIpc) is 2.82. The predicted octanol–water partition coefficient (Wildman–Crippen LogP) is 5.70. The Morgan fingerprint density at radius 2 is 1.48 bits per heavy atom. The molecule has 158 valence electrons. The van der Waals surface area contributed by atoms with Gasteiger partial charge < -0.3 is 9.47 Å². The highest BCUT2D eigenvalue weighted by molar-refractivity contribution is 5.97. The minimum absolute atomic E-state index is 0.0201. The van der Waals surface area contributed by atoms with Gasteiger partial charge in [-0.1, -0.05) is 66.7 Å². The number of benzene rings is 3. The van der Waals surface area contributed by atoms with Crippen molar-refractivity contribution in [3.63, 3.8) is 0 Å². The van der Waals surface area contributed by atoms with E-state index in [1.807, 2.05) is 72.8 Å². The van der Waals surface area contributed by atoms with E-state index in [2.05, 4.69) is 0 Å². The number of hydrogen-bond donors (Lipinski definition) is 0. The number of carbonyl (C=O) groups excluding carboxylic acids is 2. The molecular formula is C27H26O4. The Balaban J connectivity index is 1.61. The minimum Gasteiger partial charge on any atom is -0.497 e.